The minimum atomic E-state index is -0.480. The topological polar surface area (TPSA) is 71.6 Å². The molecule has 8 heteroatoms. The van der Waals surface area contributed by atoms with Crippen molar-refractivity contribution in [1.82, 2.24) is 9.88 Å². The molecule has 1 heterocycles. The lowest BCUT2D eigenvalue weighted by Crippen LogP contribution is -2.06. The molecule has 0 aliphatic heterocycles. The molecule has 0 aliphatic rings. The van der Waals surface area contributed by atoms with E-state index in [4.69, 9.17) is 0 Å². The minimum Gasteiger partial charge on any atom is -0.369 e. The molecule has 0 N–H and O–H groups in total. The van der Waals surface area contributed by atoms with E-state index >= 15 is 0 Å². The Balaban J connectivity index is 0.00000169. The zero-order valence-electron chi connectivity index (χ0n) is 7.58. The second-order valence-corrected chi connectivity index (χ2v) is 3.43. The average Bonchev–Trinajstić information content (AvgIpc) is 2.48. The highest BCUT2D eigenvalue weighted by Crippen LogP contribution is 2.26. The summed E-state index contributed by atoms with van der Waals surface area (Å²) in [4.78, 5) is 19.2. The maximum absolute atomic E-state index is 10.3. The van der Waals surface area contributed by atoms with Crippen LogP contribution in [-0.4, -0.2) is 35.2 Å². The molecule has 0 radical (unpaired) electrons. The maximum Gasteiger partial charge on any atom is 0.345 e. The van der Waals surface area contributed by atoms with Crippen molar-refractivity contribution >= 4 is 40.2 Å². The second-order valence-electron chi connectivity index (χ2n) is 2.45. The van der Waals surface area contributed by atoms with E-state index < -0.39 is 4.92 Å². The number of nitro groups is 1. The third-order valence-electron chi connectivity index (χ3n) is 1.06. The fourth-order valence-corrected chi connectivity index (χ4v) is 1.14. The Hall–Kier alpha value is -1.21. The largest absolute Gasteiger partial charge is 0.369 e. The van der Waals surface area contributed by atoms with Gasteiger partial charge >= 0.3 is 5.00 Å². The summed E-state index contributed by atoms with van der Waals surface area (Å²) in [6.45, 7) is 0. The first-order chi connectivity index (χ1) is 6.09. The zero-order valence-corrected chi connectivity index (χ0v) is 9.21. The Labute approximate surface area is 90.8 Å². The monoisotopic (exact) mass is 236 g/mol. The van der Waals surface area contributed by atoms with Crippen LogP contribution in [-0.2, 0) is 0 Å². The quantitative estimate of drug-likeness (QED) is 0.347. The van der Waals surface area contributed by atoms with Gasteiger partial charge in [0, 0.05) is 14.1 Å². The summed E-state index contributed by atoms with van der Waals surface area (Å²) in [5.74, 6) is 0. The standard InChI is InChI=1S/C6H8N4O2S.ClH/c1-9(2)4-8-6-7-3-5(13-6)10(11)12;/h3-4H,1-2H3;1H. The normalized spacial score (nSPS) is 9.86. The van der Waals surface area contributed by atoms with Gasteiger partial charge in [-0.05, 0) is 11.3 Å². The van der Waals surface area contributed by atoms with Gasteiger partial charge in [0.15, 0.2) is 0 Å². The summed E-state index contributed by atoms with van der Waals surface area (Å²) in [6, 6.07) is 0. The molecular formula is C6H9ClN4O2S. The molecule has 6 nitrogen and oxygen atoms in total. The highest BCUT2D eigenvalue weighted by Gasteiger charge is 2.09. The molecule has 0 aromatic carbocycles. The fraction of sp³-hybridized carbons (Fsp3) is 0.333. The molecule has 0 amide bonds. The van der Waals surface area contributed by atoms with E-state index in [1.165, 1.54) is 6.20 Å². The predicted octanol–water partition coefficient (Wildman–Crippen LogP) is 1.69. The van der Waals surface area contributed by atoms with Gasteiger partial charge in [0.1, 0.15) is 6.20 Å². The highest BCUT2D eigenvalue weighted by molar-refractivity contribution is 7.18. The molecule has 14 heavy (non-hydrogen) atoms. The van der Waals surface area contributed by atoms with Crippen molar-refractivity contribution in [2.24, 2.45) is 4.99 Å². The van der Waals surface area contributed by atoms with Crippen LogP contribution in [0.3, 0.4) is 0 Å². The minimum absolute atomic E-state index is 0. The number of halogens is 1. The second kappa shape index (κ2) is 5.51. The van der Waals surface area contributed by atoms with E-state index in [0.29, 0.717) is 5.13 Å². The lowest BCUT2D eigenvalue weighted by Gasteiger charge is -1.99. The molecule has 78 valence electrons. The molecule has 0 saturated heterocycles. The smallest absolute Gasteiger partial charge is 0.345 e. The van der Waals surface area contributed by atoms with Gasteiger partial charge in [0.05, 0.1) is 11.3 Å². The molecule has 0 atom stereocenters. The van der Waals surface area contributed by atoms with Gasteiger partial charge in [0.25, 0.3) is 0 Å². The van der Waals surface area contributed by atoms with Gasteiger partial charge in [-0.2, -0.15) is 0 Å². The highest BCUT2D eigenvalue weighted by atomic mass is 35.5. The average molecular weight is 237 g/mol. The third kappa shape index (κ3) is 3.67. The van der Waals surface area contributed by atoms with E-state index in [1.54, 1.807) is 11.2 Å². The summed E-state index contributed by atoms with van der Waals surface area (Å²) < 4.78 is 0. The summed E-state index contributed by atoms with van der Waals surface area (Å²) in [6.07, 6.45) is 2.75. The molecule has 0 fully saturated rings. The first kappa shape index (κ1) is 12.8. The van der Waals surface area contributed by atoms with Crippen LogP contribution in [0.15, 0.2) is 11.2 Å². The van der Waals surface area contributed by atoms with Gasteiger partial charge in [-0.3, -0.25) is 10.1 Å². The maximum atomic E-state index is 10.3. The summed E-state index contributed by atoms with van der Waals surface area (Å²) in [5, 5.41) is 10.7. The number of thiazole rings is 1. The lowest BCUT2D eigenvalue weighted by atomic mass is 10.9. The van der Waals surface area contributed by atoms with Crippen molar-refractivity contribution in [2.75, 3.05) is 14.1 Å². The number of hydrogen-bond donors (Lipinski definition) is 0. The molecule has 0 spiro atoms. The van der Waals surface area contributed by atoms with Crippen LogP contribution >= 0.6 is 23.7 Å². The number of rotatable bonds is 3. The van der Waals surface area contributed by atoms with Crippen molar-refractivity contribution in [2.45, 2.75) is 0 Å². The molecule has 0 unspecified atom stereocenters. The molecular weight excluding hydrogens is 228 g/mol. The van der Waals surface area contributed by atoms with Crippen LogP contribution in [0.5, 0.6) is 0 Å². The number of hydrogen-bond acceptors (Lipinski definition) is 5. The van der Waals surface area contributed by atoms with Crippen molar-refractivity contribution < 1.29 is 4.92 Å². The fourth-order valence-electron chi connectivity index (χ4n) is 0.566. The van der Waals surface area contributed by atoms with Gasteiger partial charge in [0.2, 0.25) is 5.13 Å². The molecule has 0 bridgehead atoms. The first-order valence-electron chi connectivity index (χ1n) is 3.40. The van der Waals surface area contributed by atoms with Crippen molar-refractivity contribution in [3.63, 3.8) is 0 Å². The lowest BCUT2D eigenvalue weighted by molar-refractivity contribution is -0.380. The SMILES string of the molecule is CN(C)C=Nc1ncc([N+](=O)[O-])s1.Cl. The zero-order chi connectivity index (χ0) is 9.84. The number of aromatic nitrogens is 1. The van der Waals surface area contributed by atoms with Crippen LogP contribution in [0.25, 0.3) is 0 Å². The number of nitrogens with zero attached hydrogens (tertiary/aromatic N) is 4. The predicted molar refractivity (Wildman–Crippen MR) is 57.9 cm³/mol. The first-order valence-corrected chi connectivity index (χ1v) is 4.22. The molecule has 1 rings (SSSR count). The molecule has 0 aliphatic carbocycles. The van der Waals surface area contributed by atoms with E-state index in [-0.39, 0.29) is 17.4 Å². The van der Waals surface area contributed by atoms with Gasteiger partial charge < -0.3 is 4.90 Å². The van der Waals surface area contributed by atoms with Crippen molar-refractivity contribution in [3.05, 3.63) is 16.3 Å². The van der Waals surface area contributed by atoms with Gasteiger partial charge in [-0.1, -0.05) is 0 Å². The van der Waals surface area contributed by atoms with Crippen LogP contribution in [0.2, 0.25) is 0 Å². The number of aliphatic imine (C=N–C) groups is 1. The van der Waals surface area contributed by atoms with E-state index in [9.17, 15) is 10.1 Å². The third-order valence-corrected chi connectivity index (χ3v) is 1.92. The van der Waals surface area contributed by atoms with Crippen LogP contribution in [0, 0.1) is 10.1 Å². The van der Waals surface area contributed by atoms with Crippen molar-refractivity contribution in [3.8, 4) is 0 Å². The Bertz CT molecular complexity index is 338. The van der Waals surface area contributed by atoms with Crippen LogP contribution in [0.1, 0.15) is 0 Å². The molecule has 1 aromatic rings. The Kier molecular flexibility index (Phi) is 5.03. The van der Waals surface area contributed by atoms with Crippen molar-refractivity contribution in [1.29, 1.82) is 0 Å². The van der Waals surface area contributed by atoms with E-state index in [1.807, 2.05) is 14.1 Å². The van der Waals surface area contributed by atoms with E-state index in [2.05, 4.69) is 9.98 Å². The van der Waals surface area contributed by atoms with E-state index in [0.717, 1.165) is 11.3 Å². The Morgan fingerprint density at radius 2 is 2.36 bits per heavy atom. The Morgan fingerprint density at radius 3 is 2.79 bits per heavy atom. The van der Waals surface area contributed by atoms with Crippen LogP contribution in [0.4, 0.5) is 10.1 Å². The Morgan fingerprint density at radius 1 is 1.71 bits per heavy atom. The summed E-state index contributed by atoms with van der Waals surface area (Å²) in [5.41, 5.74) is 0. The summed E-state index contributed by atoms with van der Waals surface area (Å²) in [7, 11) is 3.62. The molecule has 0 saturated carbocycles. The van der Waals surface area contributed by atoms with Crippen LogP contribution < -0.4 is 0 Å². The van der Waals surface area contributed by atoms with Gasteiger partial charge in [-0.25, -0.2) is 9.98 Å². The van der Waals surface area contributed by atoms with Gasteiger partial charge in [-0.15, -0.1) is 12.4 Å². The molecule has 1 aromatic heterocycles. The summed E-state index contributed by atoms with van der Waals surface area (Å²) >= 11 is 0.948.